The molecule has 4 atom stereocenters. The standard InChI is InChI=1S/2C9H11.C2H6Ge.2ClH.Hf/c2*1-2-5-9-7-3-6-8(9)4-1;1-3-2;;;/h2*1-2,4-6,8-9H,3,7H2;1-2H3;2*1H;/q2*-1;;;;+2/p-2. The Morgan fingerprint density at radius 3 is 1.42 bits per heavy atom. The molecule has 0 heterocycles. The van der Waals surface area contributed by atoms with Crippen molar-refractivity contribution < 1.29 is 46.1 Å². The van der Waals surface area contributed by atoms with E-state index in [1.807, 2.05) is 0 Å². The van der Waals surface area contributed by atoms with Crippen molar-refractivity contribution in [3.05, 3.63) is 61.4 Å². The van der Waals surface area contributed by atoms with Crippen LogP contribution in [0, 0.1) is 36.5 Å². The van der Waals surface area contributed by atoms with Gasteiger partial charge in [-0.2, -0.15) is 12.8 Å². The monoisotopic (exact) mass is 592 g/mol. The average Bonchev–Trinajstić information content (AvgIpc) is 3.16. The number of allylic oxidation sites excluding steroid dienone is 8. The van der Waals surface area contributed by atoms with Crippen molar-refractivity contribution in [3.8, 4) is 0 Å². The van der Waals surface area contributed by atoms with Crippen LogP contribution in [0.5, 0.6) is 0 Å². The Labute approximate surface area is 177 Å². The minimum atomic E-state index is -0.194. The predicted molar refractivity (Wildman–Crippen MR) is 95.1 cm³/mol. The van der Waals surface area contributed by atoms with Gasteiger partial charge in [0.2, 0.25) is 0 Å². The van der Waals surface area contributed by atoms with Crippen molar-refractivity contribution in [3.63, 3.8) is 0 Å². The summed E-state index contributed by atoms with van der Waals surface area (Å²) in [5.41, 5.74) is 0. The quantitative estimate of drug-likeness (QED) is 0.264. The van der Waals surface area contributed by atoms with Crippen LogP contribution in [0.25, 0.3) is 0 Å². The minimum Gasteiger partial charge on any atom is -1.00 e. The van der Waals surface area contributed by atoms with Gasteiger partial charge < -0.3 is 37.7 Å². The summed E-state index contributed by atoms with van der Waals surface area (Å²) >= 11 is 1.52. The van der Waals surface area contributed by atoms with E-state index in [1.165, 1.54) is 47.0 Å². The van der Waals surface area contributed by atoms with Gasteiger partial charge in [0.05, 0.1) is 0 Å². The summed E-state index contributed by atoms with van der Waals surface area (Å²) in [5, 5.41) is 0. The van der Waals surface area contributed by atoms with Gasteiger partial charge in [0, 0.05) is 0 Å². The summed E-state index contributed by atoms with van der Waals surface area (Å²) in [5.74, 6) is 8.02. The molecule has 4 aliphatic rings. The van der Waals surface area contributed by atoms with Gasteiger partial charge in [-0.25, -0.2) is 0 Å². The molecule has 4 unspecified atom stereocenters. The largest absolute Gasteiger partial charge is 1.00 e. The molecular formula is C20H28Cl2GeHf-2. The van der Waals surface area contributed by atoms with Gasteiger partial charge in [-0.05, 0) is 11.8 Å². The third-order valence-electron chi connectivity index (χ3n) is 4.47. The van der Waals surface area contributed by atoms with Gasteiger partial charge in [0.25, 0.3) is 0 Å². The maximum absolute atomic E-state index is 2.42. The van der Waals surface area contributed by atoms with Crippen molar-refractivity contribution in [2.45, 2.75) is 37.2 Å². The Hall–Kier alpha value is 0.953. The average molecular weight is 590 g/mol. The molecule has 0 aromatic rings. The third-order valence-corrected chi connectivity index (χ3v) is 4.47. The molecule has 132 valence electrons. The van der Waals surface area contributed by atoms with Crippen LogP contribution >= 0.6 is 0 Å². The van der Waals surface area contributed by atoms with E-state index in [-0.39, 0.29) is 34.9 Å². The predicted octanol–water partition coefficient (Wildman–Crippen LogP) is -0.522. The zero-order chi connectivity index (χ0) is 15.8. The van der Waals surface area contributed by atoms with Crippen LogP contribution in [0.1, 0.15) is 25.7 Å². The van der Waals surface area contributed by atoms with Crippen LogP contribution < -0.4 is 24.8 Å². The SMILES string of the molecule is C1=CC2[CH-]CCC2C=C1.C1=CC2[CH-]CCC2C=C1.[CH3][Ge]([CH3])=[Hf+2].[Cl-].[Cl-]. The molecule has 0 aliphatic heterocycles. The van der Waals surface area contributed by atoms with Gasteiger partial charge in [-0.15, -0.1) is 24.0 Å². The van der Waals surface area contributed by atoms with Gasteiger partial charge in [-0.1, -0.05) is 49.3 Å². The smallest absolute Gasteiger partial charge is 1.00 e. The van der Waals surface area contributed by atoms with Crippen LogP contribution in [0.2, 0.25) is 11.5 Å². The maximum Gasteiger partial charge on any atom is -1.00 e. The van der Waals surface area contributed by atoms with E-state index in [4.69, 9.17) is 0 Å². The molecule has 2 saturated carbocycles. The van der Waals surface area contributed by atoms with E-state index in [9.17, 15) is 0 Å². The number of rotatable bonds is 0. The second-order valence-corrected chi connectivity index (χ2v) is 29.5. The van der Waals surface area contributed by atoms with Gasteiger partial charge in [0.15, 0.2) is 0 Å². The van der Waals surface area contributed by atoms with E-state index in [2.05, 4.69) is 73.0 Å². The van der Waals surface area contributed by atoms with E-state index in [1.54, 1.807) is 0 Å². The van der Waals surface area contributed by atoms with Crippen molar-refractivity contribution in [2.24, 2.45) is 23.7 Å². The Bertz CT molecular complexity index is 404. The molecule has 4 aliphatic carbocycles. The summed E-state index contributed by atoms with van der Waals surface area (Å²) in [6.07, 6.45) is 28.1. The van der Waals surface area contributed by atoms with E-state index < -0.39 is 0 Å². The zero-order valence-corrected chi connectivity index (χ0v) is 21.9. The first-order valence-electron chi connectivity index (χ1n) is 8.55. The van der Waals surface area contributed by atoms with Crippen molar-refractivity contribution in [1.29, 1.82) is 0 Å². The van der Waals surface area contributed by atoms with E-state index in [0.29, 0.717) is 0 Å². The van der Waals surface area contributed by atoms with Gasteiger partial charge >= 0.3 is 42.8 Å². The topological polar surface area (TPSA) is 0 Å². The number of halogens is 2. The molecule has 0 aromatic carbocycles. The fraction of sp³-hybridized carbons (Fsp3) is 0.500. The van der Waals surface area contributed by atoms with Crippen molar-refractivity contribution >= 4 is 10.1 Å². The van der Waals surface area contributed by atoms with Crippen LogP contribution in [-0.2, 0) is 21.3 Å². The van der Waals surface area contributed by atoms with Crippen molar-refractivity contribution in [1.82, 2.24) is 0 Å². The number of hydrogen-bond acceptors (Lipinski definition) is 0. The van der Waals surface area contributed by atoms with E-state index in [0.717, 1.165) is 23.7 Å². The molecule has 0 saturated heterocycles. The maximum atomic E-state index is 2.42. The third kappa shape index (κ3) is 9.05. The summed E-state index contributed by atoms with van der Waals surface area (Å²) in [6.45, 7) is 0. The first-order chi connectivity index (χ1) is 10.7. The molecule has 24 heavy (non-hydrogen) atoms. The molecule has 2 fully saturated rings. The molecule has 4 rings (SSSR count). The molecule has 0 amide bonds. The molecule has 0 radical (unpaired) electrons. The van der Waals surface area contributed by atoms with Crippen LogP contribution in [0.15, 0.2) is 48.6 Å². The normalized spacial score (nSPS) is 30.5. The summed E-state index contributed by atoms with van der Waals surface area (Å²) in [4.78, 5) is 0. The van der Waals surface area contributed by atoms with Crippen LogP contribution in [0.3, 0.4) is 0 Å². The van der Waals surface area contributed by atoms with Gasteiger partial charge in [-0.3, -0.25) is 0 Å². The first kappa shape index (κ1) is 25.0. The summed E-state index contributed by atoms with van der Waals surface area (Å²) in [7, 11) is -0.194. The first-order valence-corrected chi connectivity index (χ1v) is 23.1. The minimum absolute atomic E-state index is 0. The van der Waals surface area contributed by atoms with Crippen LogP contribution in [-0.4, -0.2) is 10.1 Å². The second kappa shape index (κ2) is 14.1. The molecular weight excluding hydrogens is 562 g/mol. The fourth-order valence-corrected chi connectivity index (χ4v) is 3.39. The van der Waals surface area contributed by atoms with Crippen molar-refractivity contribution in [2.75, 3.05) is 0 Å². The Kier molecular flexibility index (Phi) is 14.6. The zero-order valence-electron chi connectivity index (χ0n) is 14.7. The Morgan fingerprint density at radius 1 is 0.750 bits per heavy atom. The second-order valence-electron chi connectivity index (χ2n) is 6.65. The van der Waals surface area contributed by atoms with E-state index >= 15 is 0 Å². The van der Waals surface area contributed by atoms with Crippen LogP contribution in [0.4, 0.5) is 0 Å². The molecule has 0 nitrogen and oxygen atoms in total. The molecule has 0 spiro atoms. The molecule has 4 heteroatoms. The fourth-order valence-electron chi connectivity index (χ4n) is 3.39. The Morgan fingerprint density at radius 2 is 1.08 bits per heavy atom. The Balaban J connectivity index is 0.000000341. The molecule has 0 bridgehead atoms. The molecule has 0 N–H and O–H groups in total. The van der Waals surface area contributed by atoms with Gasteiger partial charge in [0.1, 0.15) is 0 Å². The summed E-state index contributed by atoms with van der Waals surface area (Å²) in [6, 6.07) is 0. The number of hydrogen-bond donors (Lipinski definition) is 0. The molecule has 0 aromatic heterocycles. The summed E-state index contributed by atoms with van der Waals surface area (Å²) < 4.78 is 0. The number of fused-ring (bicyclic) bond motifs is 2.